The Labute approximate surface area is 164 Å². The van der Waals surface area contributed by atoms with Crippen molar-refractivity contribution in [1.29, 1.82) is 0 Å². The molecular formula is C17H14N2O9S. The number of hydrogen-bond acceptors (Lipinski definition) is 10. The first-order chi connectivity index (χ1) is 13.9. The second kappa shape index (κ2) is 7.16. The van der Waals surface area contributed by atoms with E-state index in [1.807, 2.05) is 0 Å². The molecule has 0 fully saturated rings. The van der Waals surface area contributed by atoms with E-state index in [4.69, 9.17) is 28.2 Å². The number of nitrogens with one attached hydrogen (secondary N) is 1. The lowest BCUT2D eigenvalue weighted by Gasteiger charge is -2.10. The molecule has 11 nitrogen and oxygen atoms in total. The maximum absolute atomic E-state index is 11.1. The number of fused-ring (bicyclic) bond motifs is 1. The number of methoxy groups -OCH3 is 2. The van der Waals surface area contributed by atoms with Gasteiger partial charge < -0.3 is 27.9 Å². The zero-order valence-electron chi connectivity index (χ0n) is 15.0. The van der Waals surface area contributed by atoms with Crippen molar-refractivity contribution in [2.45, 2.75) is 0 Å². The van der Waals surface area contributed by atoms with E-state index in [9.17, 15) is 8.42 Å². The minimum atomic E-state index is -4.75. The van der Waals surface area contributed by atoms with E-state index < -0.39 is 10.4 Å². The summed E-state index contributed by atoms with van der Waals surface area (Å²) in [6.45, 7) is 0. The Morgan fingerprint density at radius 3 is 2.48 bits per heavy atom. The van der Waals surface area contributed by atoms with Gasteiger partial charge in [-0.25, -0.2) is 0 Å². The molecular weight excluding hydrogens is 408 g/mol. The van der Waals surface area contributed by atoms with E-state index >= 15 is 0 Å². The summed E-state index contributed by atoms with van der Waals surface area (Å²) in [7, 11) is -1.93. The molecule has 12 heteroatoms. The fraction of sp³-hybridized carbons (Fsp3) is 0.118. The second-order valence-electron chi connectivity index (χ2n) is 5.75. The van der Waals surface area contributed by atoms with Crippen LogP contribution in [-0.2, 0) is 10.4 Å². The van der Waals surface area contributed by atoms with E-state index in [0.717, 1.165) is 0 Å². The molecule has 2 N–H and O–H groups in total. The molecule has 0 radical (unpaired) electrons. The molecule has 0 amide bonds. The number of hydrogen-bond donors (Lipinski definition) is 2. The molecule has 0 bridgehead atoms. The van der Waals surface area contributed by atoms with Crippen molar-refractivity contribution in [2.75, 3.05) is 14.2 Å². The molecule has 1 aliphatic heterocycles. The summed E-state index contributed by atoms with van der Waals surface area (Å²) >= 11 is 0. The molecule has 152 valence electrons. The SMILES string of the molecule is COc1ccc(-c2conc2-c2cc(OC)c3c(c2)ONO3)cc1OS(=O)(=O)O. The first kappa shape index (κ1) is 18.9. The average molecular weight is 422 g/mol. The van der Waals surface area contributed by atoms with Crippen molar-refractivity contribution < 1.29 is 40.8 Å². The van der Waals surface area contributed by atoms with E-state index in [-0.39, 0.29) is 11.5 Å². The third-order valence-corrected chi connectivity index (χ3v) is 4.44. The lowest BCUT2D eigenvalue weighted by atomic mass is 10.0. The Balaban J connectivity index is 1.81. The maximum Gasteiger partial charge on any atom is 0.446 e. The van der Waals surface area contributed by atoms with Gasteiger partial charge in [-0.05, 0) is 29.8 Å². The van der Waals surface area contributed by atoms with Crippen molar-refractivity contribution in [3.05, 3.63) is 36.6 Å². The first-order valence-corrected chi connectivity index (χ1v) is 9.37. The molecule has 1 aromatic heterocycles. The van der Waals surface area contributed by atoms with Crippen LogP contribution in [0, 0.1) is 0 Å². The molecule has 0 unspecified atom stereocenters. The van der Waals surface area contributed by atoms with Crippen LogP contribution in [0.2, 0.25) is 0 Å². The molecule has 0 spiro atoms. The normalized spacial score (nSPS) is 12.7. The highest BCUT2D eigenvalue weighted by molar-refractivity contribution is 7.81. The Morgan fingerprint density at radius 1 is 1.00 bits per heavy atom. The van der Waals surface area contributed by atoms with E-state index in [1.54, 1.807) is 18.2 Å². The lowest BCUT2D eigenvalue weighted by molar-refractivity contribution is 0.0248. The highest BCUT2D eigenvalue weighted by atomic mass is 32.3. The van der Waals surface area contributed by atoms with Gasteiger partial charge in [0.1, 0.15) is 12.0 Å². The van der Waals surface area contributed by atoms with Gasteiger partial charge in [-0.15, -0.1) is 0 Å². The van der Waals surface area contributed by atoms with Crippen LogP contribution in [0.5, 0.6) is 28.7 Å². The van der Waals surface area contributed by atoms with Crippen LogP contribution < -0.4 is 29.0 Å². The van der Waals surface area contributed by atoms with Crippen LogP contribution in [0.3, 0.4) is 0 Å². The fourth-order valence-corrected chi connectivity index (χ4v) is 3.18. The summed E-state index contributed by atoms with van der Waals surface area (Å²) in [5.74, 6) is 1.09. The summed E-state index contributed by atoms with van der Waals surface area (Å²) in [5, 5.41) is 4.02. The van der Waals surface area contributed by atoms with Gasteiger partial charge in [0.15, 0.2) is 17.2 Å². The minimum Gasteiger partial charge on any atom is -0.493 e. The molecule has 0 saturated heterocycles. The Morgan fingerprint density at radius 2 is 1.76 bits per heavy atom. The smallest absolute Gasteiger partial charge is 0.446 e. The molecule has 2 aromatic carbocycles. The van der Waals surface area contributed by atoms with Crippen LogP contribution in [0.4, 0.5) is 0 Å². The van der Waals surface area contributed by atoms with Crippen molar-refractivity contribution in [2.24, 2.45) is 0 Å². The third kappa shape index (κ3) is 3.63. The topological polar surface area (TPSA) is 139 Å². The van der Waals surface area contributed by atoms with Crippen LogP contribution in [0.25, 0.3) is 22.4 Å². The number of benzene rings is 2. The molecule has 4 rings (SSSR count). The standard InChI is InChI=1S/C17H14N2O9S/c1-23-12-4-3-9(5-13(12)28-29(20,21)22)11-8-25-18-16(11)10-6-14(24-2)17-15(7-10)26-19-27-17/h3-8,19H,1-2H3,(H,20,21,22). The Hall–Kier alpha value is -3.48. The van der Waals surface area contributed by atoms with Crippen molar-refractivity contribution in [3.8, 4) is 51.1 Å². The summed E-state index contributed by atoms with van der Waals surface area (Å²) in [4.78, 5) is 10.3. The molecule has 1 aliphatic rings. The molecule has 0 atom stereocenters. The molecule has 29 heavy (non-hydrogen) atoms. The molecule has 2 heterocycles. The second-order valence-corrected chi connectivity index (χ2v) is 6.77. The van der Waals surface area contributed by atoms with Crippen LogP contribution in [-0.4, -0.2) is 32.3 Å². The van der Waals surface area contributed by atoms with Gasteiger partial charge >= 0.3 is 10.4 Å². The van der Waals surface area contributed by atoms with Gasteiger partial charge in [-0.3, -0.25) is 4.55 Å². The summed E-state index contributed by atoms with van der Waals surface area (Å²) in [5.41, 5.74) is 4.31. The van der Waals surface area contributed by atoms with Crippen LogP contribution >= 0.6 is 0 Å². The van der Waals surface area contributed by atoms with Crippen molar-refractivity contribution >= 4 is 10.4 Å². The number of ether oxygens (including phenoxy) is 2. The Kier molecular flexibility index (Phi) is 4.66. The van der Waals surface area contributed by atoms with E-state index in [0.29, 0.717) is 39.6 Å². The number of rotatable bonds is 6. The summed E-state index contributed by atoms with van der Waals surface area (Å²) < 4.78 is 51.4. The van der Waals surface area contributed by atoms with Gasteiger partial charge in [0.25, 0.3) is 0 Å². The number of aromatic nitrogens is 1. The predicted molar refractivity (Wildman–Crippen MR) is 97.0 cm³/mol. The highest BCUT2D eigenvalue weighted by Crippen LogP contribution is 2.45. The quantitative estimate of drug-likeness (QED) is 0.566. The van der Waals surface area contributed by atoms with Crippen LogP contribution in [0.1, 0.15) is 0 Å². The van der Waals surface area contributed by atoms with Crippen molar-refractivity contribution in [1.82, 2.24) is 10.8 Å². The van der Waals surface area contributed by atoms with Gasteiger partial charge in [0, 0.05) is 16.8 Å². The summed E-state index contributed by atoms with van der Waals surface area (Å²) in [6.07, 6.45) is 1.38. The minimum absolute atomic E-state index is 0.111. The molecule has 3 aromatic rings. The monoisotopic (exact) mass is 422 g/mol. The fourth-order valence-electron chi connectivity index (χ4n) is 2.82. The average Bonchev–Trinajstić information content (AvgIpc) is 3.35. The van der Waals surface area contributed by atoms with E-state index in [2.05, 4.69) is 15.0 Å². The van der Waals surface area contributed by atoms with Crippen molar-refractivity contribution in [3.63, 3.8) is 0 Å². The first-order valence-electron chi connectivity index (χ1n) is 8.00. The largest absolute Gasteiger partial charge is 0.493 e. The lowest BCUT2D eigenvalue weighted by Crippen LogP contribution is -2.14. The predicted octanol–water partition coefficient (Wildman–Crippen LogP) is 2.40. The van der Waals surface area contributed by atoms with Gasteiger partial charge in [0.05, 0.1) is 14.2 Å². The van der Waals surface area contributed by atoms with Crippen LogP contribution in [0.15, 0.2) is 41.1 Å². The zero-order chi connectivity index (χ0) is 20.6. The number of nitrogens with zero attached hydrogens (tertiary/aromatic N) is 1. The van der Waals surface area contributed by atoms with Gasteiger partial charge in [0.2, 0.25) is 11.5 Å². The maximum atomic E-state index is 11.1. The van der Waals surface area contributed by atoms with E-state index in [1.165, 1.54) is 32.6 Å². The highest BCUT2D eigenvalue weighted by Gasteiger charge is 2.24. The van der Waals surface area contributed by atoms with Gasteiger partial charge in [-0.1, -0.05) is 11.2 Å². The Bertz CT molecular complexity index is 1170. The van der Waals surface area contributed by atoms with Gasteiger partial charge in [-0.2, -0.15) is 8.42 Å². The third-order valence-electron chi connectivity index (χ3n) is 4.05. The molecule has 0 aliphatic carbocycles. The zero-order valence-corrected chi connectivity index (χ0v) is 15.8. The molecule has 0 saturated carbocycles. The summed E-state index contributed by atoms with van der Waals surface area (Å²) in [6, 6.07) is 7.84.